The van der Waals surface area contributed by atoms with Crippen LogP contribution < -0.4 is 0 Å². The molecule has 4 rings (SSSR count). The second-order valence-electron chi connectivity index (χ2n) is 7.51. The molecule has 2 atom stereocenters. The highest BCUT2D eigenvalue weighted by atomic mass is 32.2. The van der Waals surface area contributed by atoms with Gasteiger partial charge in [-0.2, -0.15) is 0 Å². The van der Waals surface area contributed by atoms with E-state index in [9.17, 15) is 4.79 Å². The third kappa shape index (κ3) is 4.25. The lowest BCUT2D eigenvalue weighted by atomic mass is 9.96. The second-order valence-corrected chi connectivity index (χ2v) is 8.57. The first kappa shape index (κ1) is 19.5. The van der Waals surface area contributed by atoms with Gasteiger partial charge in [-0.3, -0.25) is 4.79 Å². The monoisotopic (exact) mass is 400 g/mol. The maximum Gasteiger partial charge on any atom is 0.255 e. The fourth-order valence-corrected chi connectivity index (χ4v) is 5.21. The Kier molecular flexibility index (Phi) is 6.32. The average Bonchev–Trinajstić information content (AvgIpc) is 3.43. The van der Waals surface area contributed by atoms with E-state index in [0.29, 0.717) is 12.6 Å². The van der Waals surface area contributed by atoms with Crippen LogP contribution in [0.25, 0.3) is 0 Å². The van der Waals surface area contributed by atoms with Gasteiger partial charge in [-0.25, -0.2) is 0 Å². The van der Waals surface area contributed by atoms with Crippen molar-refractivity contribution in [3.8, 4) is 0 Å². The standard InChI is InChI=1S/C21H28N4O2S/c1-2-24-15-22-23-20(24)16-7-5-11-25(13-16)21(26)18-9-3-4-10-19(18)28-14-17-8-6-12-27-17/h3-4,9-10,15-17H,2,5-8,11-14H2,1H3. The second kappa shape index (κ2) is 9.09. The zero-order valence-corrected chi connectivity index (χ0v) is 17.2. The molecule has 3 heterocycles. The number of nitrogens with zero attached hydrogens (tertiary/aromatic N) is 4. The highest BCUT2D eigenvalue weighted by molar-refractivity contribution is 7.99. The first-order valence-corrected chi connectivity index (χ1v) is 11.2. The molecule has 28 heavy (non-hydrogen) atoms. The number of benzene rings is 1. The molecular weight excluding hydrogens is 372 g/mol. The Morgan fingerprint density at radius 1 is 1.29 bits per heavy atom. The van der Waals surface area contributed by atoms with E-state index < -0.39 is 0 Å². The normalized spacial score (nSPS) is 22.5. The number of likely N-dealkylation sites (tertiary alicyclic amines) is 1. The zero-order valence-electron chi connectivity index (χ0n) is 16.4. The predicted octanol–water partition coefficient (Wildman–Crippen LogP) is 3.59. The number of amides is 1. The van der Waals surface area contributed by atoms with Gasteiger partial charge in [0.2, 0.25) is 0 Å². The number of hydrogen-bond donors (Lipinski definition) is 0. The fraction of sp³-hybridized carbons (Fsp3) is 0.571. The lowest BCUT2D eigenvalue weighted by Gasteiger charge is -2.32. The van der Waals surface area contributed by atoms with Crippen molar-refractivity contribution < 1.29 is 9.53 Å². The van der Waals surface area contributed by atoms with Gasteiger partial charge in [0, 0.05) is 42.8 Å². The van der Waals surface area contributed by atoms with Crippen molar-refractivity contribution in [1.29, 1.82) is 0 Å². The highest BCUT2D eigenvalue weighted by Gasteiger charge is 2.29. The Morgan fingerprint density at radius 3 is 3.00 bits per heavy atom. The van der Waals surface area contributed by atoms with E-state index in [-0.39, 0.29) is 11.8 Å². The van der Waals surface area contributed by atoms with Gasteiger partial charge in [0.1, 0.15) is 12.2 Å². The molecule has 150 valence electrons. The molecule has 2 aliphatic heterocycles. The summed E-state index contributed by atoms with van der Waals surface area (Å²) < 4.78 is 7.82. The van der Waals surface area contributed by atoms with Gasteiger partial charge in [-0.05, 0) is 44.7 Å². The van der Waals surface area contributed by atoms with Crippen LogP contribution in [0.1, 0.15) is 54.7 Å². The molecule has 1 aromatic heterocycles. The Balaban J connectivity index is 1.46. The summed E-state index contributed by atoms with van der Waals surface area (Å²) in [5.41, 5.74) is 0.808. The number of thioether (sulfide) groups is 1. The third-order valence-electron chi connectivity index (χ3n) is 5.63. The van der Waals surface area contributed by atoms with Gasteiger partial charge in [0.05, 0.1) is 11.7 Å². The quantitative estimate of drug-likeness (QED) is 0.694. The van der Waals surface area contributed by atoms with Crippen LogP contribution >= 0.6 is 11.8 Å². The summed E-state index contributed by atoms with van der Waals surface area (Å²) in [4.78, 5) is 16.4. The third-order valence-corrected chi connectivity index (χ3v) is 6.83. The van der Waals surface area contributed by atoms with E-state index in [4.69, 9.17) is 4.74 Å². The largest absolute Gasteiger partial charge is 0.377 e. The number of carbonyl (C=O) groups is 1. The summed E-state index contributed by atoms with van der Waals surface area (Å²) >= 11 is 1.74. The van der Waals surface area contributed by atoms with Crippen molar-refractivity contribution in [1.82, 2.24) is 19.7 Å². The lowest BCUT2D eigenvalue weighted by molar-refractivity contribution is 0.0699. The molecule has 0 N–H and O–H groups in total. The van der Waals surface area contributed by atoms with Crippen LogP contribution in [0.2, 0.25) is 0 Å². The van der Waals surface area contributed by atoms with Crippen LogP contribution in [0.3, 0.4) is 0 Å². The average molecular weight is 401 g/mol. The Bertz CT molecular complexity index is 803. The zero-order chi connectivity index (χ0) is 19.3. The van der Waals surface area contributed by atoms with Gasteiger partial charge >= 0.3 is 0 Å². The Labute approximate surface area is 170 Å². The van der Waals surface area contributed by atoms with Crippen LogP contribution in [0.15, 0.2) is 35.5 Å². The summed E-state index contributed by atoms with van der Waals surface area (Å²) in [7, 11) is 0. The van der Waals surface area contributed by atoms with Gasteiger partial charge < -0.3 is 14.2 Å². The van der Waals surface area contributed by atoms with Crippen molar-refractivity contribution in [2.24, 2.45) is 0 Å². The minimum absolute atomic E-state index is 0.128. The van der Waals surface area contributed by atoms with Crippen molar-refractivity contribution in [2.75, 3.05) is 25.4 Å². The number of aromatic nitrogens is 3. The van der Waals surface area contributed by atoms with Gasteiger partial charge in [0.25, 0.3) is 5.91 Å². The fourth-order valence-electron chi connectivity index (χ4n) is 4.09. The molecule has 0 spiro atoms. The molecular formula is C21H28N4O2S. The van der Waals surface area contributed by atoms with Gasteiger partial charge in [-0.1, -0.05) is 12.1 Å². The van der Waals surface area contributed by atoms with E-state index in [2.05, 4.69) is 27.8 Å². The smallest absolute Gasteiger partial charge is 0.255 e. The predicted molar refractivity (Wildman–Crippen MR) is 110 cm³/mol. The van der Waals surface area contributed by atoms with E-state index >= 15 is 0 Å². The number of rotatable bonds is 6. The molecule has 2 saturated heterocycles. The van der Waals surface area contributed by atoms with Crippen molar-refractivity contribution >= 4 is 17.7 Å². The maximum absolute atomic E-state index is 13.3. The summed E-state index contributed by atoms with van der Waals surface area (Å²) in [6, 6.07) is 7.98. The number of hydrogen-bond acceptors (Lipinski definition) is 5. The molecule has 0 bridgehead atoms. The minimum Gasteiger partial charge on any atom is -0.377 e. The molecule has 0 aliphatic carbocycles. The van der Waals surface area contributed by atoms with E-state index in [1.807, 2.05) is 23.1 Å². The minimum atomic E-state index is 0.128. The summed E-state index contributed by atoms with van der Waals surface area (Å²) in [6.45, 7) is 5.33. The summed E-state index contributed by atoms with van der Waals surface area (Å²) in [6.07, 6.45) is 6.41. The SMILES string of the molecule is CCn1cnnc1C1CCCN(C(=O)c2ccccc2SCC2CCCO2)C1. The number of aryl methyl sites for hydroxylation is 1. The van der Waals surface area contributed by atoms with E-state index in [0.717, 1.165) is 67.4 Å². The molecule has 2 aromatic rings. The molecule has 6 nitrogen and oxygen atoms in total. The van der Waals surface area contributed by atoms with Crippen LogP contribution in [0.4, 0.5) is 0 Å². The molecule has 1 aromatic carbocycles. The van der Waals surface area contributed by atoms with Gasteiger partial charge in [0.15, 0.2) is 0 Å². The van der Waals surface area contributed by atoms with Crippen LogP contribution in [-0.4, -0.2) is 57.1 Å². The van der Waals surface area contributed by atoms with Crippen molar-refractivity contribution in [3.63, 3.8) is 0 Å². The first-order chi connectivity index (χ1) is 13.8. The molecule has 7 heteroatoms. The Morgan fingerprint density at radius 2 is 2.18 bits per heavy atom. The summed E-state index contributed by atoms with van der Waals surface area (Å²) in [5.74, 6) is 2.29. The van der Waals surface area contributed by atoms with Crippen LogP contribution in [0.5, 0.6) is 0 Å². The molecule has 1 amide bonds. The van der Waals surface area contributed by atoms with Crippen molar-refractivity contribution in [2.45, 2.75) is 56.1 Å². The number of piperidine rings is 1. The van der Waals surface area contributed by atoms with Crippen LogP contribution in [0, 0.1) is 0 Å². The molecule has 2 unspecified atom stereocenters. The highest BCUT2D eigenvalue weighted by Crippen LogP contribution is 2.30. The summed E-state index contributed by atoms with van der Waals surface area (Å²) in [5, 5.41) is 8.39. The topological polar surface area (TPSA) is 60.2 Å². The number of ether oxygens (including phenoxy) is 1. The van der Waals surface area contributed by atoms with Crippen LogP contribution in [-0.2, 0) is 11.3 Å². The molecule has 0 saturated carbocycles. The molecule has 2 aliphatic rings. The Hall–Kier alpha value is -1.86. The lowest BCUT2D eigenvalue weighted by Crippen LogP contribution is -2.40. The number of carbonyl (C=O) groups excluding carboxylic acids is 1. The van der Waals surface area contributed by atoms with Crippen molar-refractivity contribution in [3.05, 3.63) is 42.0 Å². The molecule has 0 radical (unpaired) electrons. The van der Waals surface area contributed by atoms with E-state index in [1.165, 1.54) is 0 Å². The van der Waals surface area contributed by atoms with E-state index in [1.54, 1.807) is 18.1 Å². The van der Waals surface area contributed by atoms with Gasteiger partial charge in [-0.15, -0.1) is 22.0 Å². The maximum atomic E-state index is 13.3. The molecule has 2 fully saturated rings. The first-order valence-electron chi connectivity index (χ1n) is 10.3.